The molecular formula is C12H22ClN3O. The topological polar surface area (TPSA) is 39.1 Å². The molecule has 0 amide bonds. The summed E-state index contributed by atoms with van der Waals surface area (Å²) in [6.07, 6.45) is 4.02. The van der Waals surface area contributed by atoms with Crippen molar-refractivity contribution in [3.8, 4) is 0 Å². The smallest absolute Gasteiger partial charge is 0.0814 e. The number of hydrogen-bond donors (Lipinski definition) is 1. The molecule has 0 bridgehead atoms. The summed E-state index contributed by atoms with van der Waals surface area (Å²) in [7, 11) is 0. The first-order valence-corrected chi connectivity index (χ1v) is 6.60. The maximum Gasteiger partial charge on any atom is 0.0814 e. The molecule has 0 aliphatic heterocycles. The maximum atomic E-state index is 5.92. The Kier molecular flexibility index (Phi) is 7.24. The van der Waals surface area contributed by atoms with Crippen LogP contribution in [-0.4, -0.2) is 36.1 Å². The number of nitrogens with zero attached hydrogens (tertiary/aromatic N) is 2. The Hall–Kier alpha value is -0.580. The van der Waals surface area contributed by atoms with Gasteiger partial charge in [-0.2, -0.15) is 5.10 Å². The average Bonchev–Trinajstić information content (AvgIpc) is 2.64. The van der Waals surface area contributed by atoms with Gasteiger partial charge in [0, 0.05) is 19.7 Å². The lowest BCUT2D eigenvalue weighted by molar-refractivity contribution is 0.133. The number of halogens is 1. The molecule has 1 aromatic rings. The molecule has 0 atom stereocenters. The van der Waals surface area contributed by atoms with E-state index in [1.807, 2.05) is 11.6 Å². The number of unbranched alkanes of at least 4 members (excludes halogenated alkanes) is 1. The maximum absolute atomic E-state index is 5.92. The molecule has 1 rings (SSSR count). The lowest BCUT2D eigenvalue weighted by Gasteiger charge is -2.07. The van der Waals surface area contributed by atoms with Gasteiger partial charge in [-0.05, 0) is 13.3 Å². The number of hydrogen-bond acceptors (Lipinski definition) is 3. The lowest BCUT2D eigenvalue weighted by Crippen LogP contribution is -2.24. The quantitative estimate of drug-likeness (QED) is 0.692. The number of ether oxygens (including phenoxy) is 1. The van der Waals surface area contributed by atoms with Gasteiger partial charge in [-0.3, -0.25) is 4.68 Å². The van der Waals surface area contributed by atoms with E-state index in [1.54, 1.807) is 6.20 Å². The summed E-state index contributed by atoms with van der Waals surface area (Å²) in [5.41, 5.74) is 1.02. The van der Waals surface area contributed by atoms with Crippen molar-refractivity contribution in [2.75, 3.05) is 26.3 Å². The Morgan fingerprint density at radius 2 is 2.24 bits per heavy atom. The van der Waals surface area contributed by atoms with Crippen LogP contribution in [0.2, 0.25) is 5.02 Å². The third-order valence-corrected chi connectivity index (χ3v) is 2.98. The summed E-state index contributed by atoms with van der Waals surface area (Å²) in [6.45, 7) is 8.40. The second-order valence-corrected chi connectivity index (χ2v) is 4.42. The minimum Gasteiger partial charge on any atom is -0.380 e. The molecule has 1 heterocycles. The summed E-state index contributed by atoms with van der Waals surface area (Å²) in [5, 5.41) is 8.23. The van der Waals surface area contributed by atoms with Crippen LogP contribution < -0.4 is 5.32 Å². The van der Waals surface area contributed by atoms with Crippen LogP contribution in [-0.2, 0) is 11.3 Å². The van der Waals surface area contributed by atoms with Crippen LogP contribution in [0.5, 0.6) is 0 Å². The van der Waals surface area contributed by atoms with Crippen LogP contribution in [0.25, 0.3) is 0 Å². The van der Waals surface area contributed by atoms with Crippen LogP contribution in [0.3, 0.4) is 0 Å². The van der Waals surface area contributed by atoms with Gasteiger partial charge >= 0.3 is 0 Å². The number of nitrogens with one attached hydrogen (secondary N) is 1. The molecule has 0 saturated carbocycles. The van der Waals surface area contributed by atoms with Gasteiger partial charge in [0.2, 0.25) is 0 Å². The Morgan fingerprint density at radius 3 is 2.88 bits per heavy atom. The summed E-state index contributed by atoms with van der Waals surface area (Å²) in [6, 6.07) is 0. The Bertz CT molecular complexity index is 315. The van der Waals surface area contributed by atoms with Gasteiger partial charge in [0.25, 0.3) is 0 Å². The van der Waals surface area contributed by atoms with E-state index in [9.17, 15) is 0 Å². The molecule has 0 aliphatic rings. The SMILES string of the molecule is CCCCOCCNCCn1ncc(Cl)c1C. The summed E-state index contributed by atoms with van der Waals surface area (Å²) in [5.74, 6) is 0. The lowest BCUT2D eigenvalue weighted by atomic mass is 10.4. The molecule has 0 unspecified atom stereocenters. The highest BCUT2D eigenvalue weighted by Crippen LogP contribution is 2.12. The zero-order valence-corrected chi connectivity index (χ0v) is 11.5. The highest BCUT2D eigenvalue weighted by molar-refractivity contribution is 6.31. The largest absolute Gasteiger partial charge is 0.380 e. The van der Waals surface area contributed by atoms with Crippen LogP contribution in [0.1, 0.15) is 25.5 Å². The summed E-state index contributed by atoms with van der Waals surface area (Å²) >= 11 is 5.92. The van der Waals surface area contributed by atoms with E-state index < -0.39 is 0 Å². The Morgan fingerprint density at radius 1 is 1.41 bits per heavy atom. The minimum absolute atomic E-state index is 0.730. The molecule has 0 saturated heterocycles. The van der Waals surface area contributed by atoms with E-state index >= 15 is 0 Å². The van der Waals surface area contributed by atoms with E-state index in [2.05, 4.69) is 17.3 Å². The second kappa shape index (κ2) is 8.50. The molecule has 5 heteroatoms. The predicted octanol–water partition coefficient (Wildman–Crippen LogP) is 2.25. The molecule has 0 aromatic carbocycles. The third-order valence-electron chi connectivity index (χ3n) is 2.61. The Labute approximate surface area is 108 Å². The van der Waals surface area contributed by atoms with Gasteiger partial charge in [-0.25, -0.2) is 0 Å². The molecule has 0 fully saturated rings. The van der Waals surface area contributed by atoms with E-state index in [1.165, 1.54) is 6.42 Å². The fourth-order valence-corrected chi connectivity index (χ4v) is 1.59. The molecule has 0 radical (unpaired) electrons. The molecule has 1 N–H and O–H groups in total. The monoisotopic (exact) mass is 259 g/mol. The molecule has 0 spiro atoms. The van der Waals surface area contributed by atoms with Crippen molar-refractivity contribution in [2.45, 2.75) is 33.2 Å². The van der Waals surface area contributed by atoms with Gasteiger partial charge in [0.15, 0.2) is 0 Å². The number of aromatic nitrogens is 2. The number of rotatable bonds is 9. The van der Waals surface area contributed by atoms with Crippen LogP contribution in [0.4, 0.5) is 0 Å². The Balaban J connectivity index is 1.99. The molecule has 98 valence electrons. The van der Waals surface area contributed by atoms with E-state index in [-0.39, 0.29) is 0 Å². The fraction of sp³-hybridized carbons (Fsp3) is 0.750. The van der Waals surface area contributed by atoms with Crippen molar-refractivity contribution in [2.24, 2.45) is 0 Å². The molecule has 17 heavy (non-hydrogen) atoms. The van der Waals surface area contributed by atoms with Gasteiger partial charge in [0.1, 0.15) is 0 Å². The first-order chi connectivity index (χ1) is 8.25. The van der Waals surface area contributed by atoms with Gasteiger partial charge < -0.3 is 10.1 Å². The van der Waals surface area contributed by atoms with Crippen LogP contribution in [0.15, 0.2) is 6.20 Å². The molecular weight excluding hydrogens is 238 g/mol. The van der Waals surface area contributed by atoms with Crippen molar-refractivity contribution in [3.63, 3.8) is 0 Å². The van der Waals surface area contributed by atoms with Gasteiger partial charge in [-0.15, -0.1) is 0 Å². The van der Waals surface area contributed by atoms with Crippen LogP contribution in [0, 0.1) is 6.92 Å². The second-order valence-electron chi connectivity index (χ2n) is 4.02. The zero-order valence-electron chi connectivity index (χ0n) is 10.7. The minimum atomic E-state index is 0.730. The first kappa shape index (κ1) is 14.5. The van der Waals surface area contributed by atoms with E-state index in [4.69, 9.17) is 16.3 Å². The van der Waals surface area contributed by atoms with Crippen molar-refractivity contribution in [1.82, 2.24) is 15.1 Å². The van der Waals surface area contributed by atoms with Crippen molar-refractivity contribution in [3.05, 3.63) is 16.9 Å². The van der Waals surface area contributed by atoms with Gasteiger partial charge in [-0.1, -0.05) is 24.9 Å². The van der Waals surface area contributed by atoms with E-state index in [0.29, 0.717) is 0 Å². The van der Waals surface area contributed by atoms with Gasteiger partial charge in [0.05, 0.1) is 30.1 Å². The summed E-state index contributed by atoms with van der Waals surface area (Å²) < 4.78 is 7.36. The molecule has 0 aliphatic carbocycles. The summed E-state index contributed by atoms with van der Waals surface area (Å²) in [4.78, 5) is 0. The third kappa shape index (κ3) is 5.52. The highest BCUT2D eigenvalue weighted by atomic mass is 35.5. The standard InChI is InChI=1S/C12H22ClN3O/c1-3-4-8-17-9-6-14-5-7-16-11(2)12(13)10-15-16/h10,14H,3-9H2,1-2H3. The van der Waals surface area contributed by atoms with Crippen molar-refractivity contribution < 1.29 is 4.74 Å². The average molecular weight is 260 g/mol. The first-order valence-electron chi connectivity index (χ1n) is 6.22. The fourth-order valence-electron chi connectivity index (χ4n) is 1.45. The van der Waals surface area contributed by atoms with Crippen molar-refractivity contribution >= 4 is 11.6 Å². The van der Waals surface area contributed by atoms with E-state index in [0.717, 1.165) is 50.0 Å². The molecule has 4 nitrogen and oxygen atoms in total. The molecule has 1 aromatic heterocycles. The highest BCUT2D eigenvalue weighted by Gasteiger charge is 2.02. The zero-order chi connectivity index (χ0) is 12.5. The van der Waals surface area contributed by atoms with Crippen LogP contribution >= 0.6 is 11.6 Å². The predicted molar refractivity (Wildman–Crippen MR) is 70.6 cm³/mol. The normalized spacial score (nSPS) is 11.0. The van der Waals surface area contributed by atoms with Crippen molar-refractivity contribution in [1.29, 1.82) is 0 Å².